The predicted molar refractivity (Wildman–Crippen MR) is 155 cm³/mol. The van der Waals surface area contributed by atoms with E-state index in [1.54, 1.807) is 11.3 Å². The molecule has 0 saturated carbocycles. The van der Waals surface area contributed by atoms with Gasteiger partial charge in [0.2, 0.25) is 0 Å². The van der Waals surface area contributed by atoms with Crippen LogP contribution in [-0.4, -0.2) is 10.2 Å². The van der Waals surface area contributed by atoms with Gasteiger partial charge in [0.25, 0.3) is 0 Å². The summed E-state index contributed by atoms with van der Waals surface area (Å²) in [6, 6.07) is 8.22. The number of benzene rings is 2. The topological polar surface area (TPSA) is 40.5 Å². The maximum Gasteiger partial charge on any atom is 0.119 e. The number of unbranched alkanes of at least 4 members (excludes halogenated alkanes) is 14. The Morgan fingerprint density at radius 1 is 0.486 bits per heavy atom. The first-order valence-electron chi connectivity index (χ1n) is 14.5. The summed E-state index contributed by atoms with van der Waals surface area (Å²) in [5, 5.41) is 23.5. The van der Waals surface area contributed by atoms with E-state index < -0.39 is 0 Å². The van der Waals surface area contributed by atoms with Gasteiger partial charge in [-0.25, -0.2) is 0 Å². The predicted octanol–water partition coefficient (Wildman–Crippen LogP) is 10.8. The number of fused-ring (bicyclic) bond motifs is 3. The molecule has 0 atom stereocenters. The van der Waals surface area contributed by atoms with Crippen LogP contribution in [0.4, 0.5) is 0 Å². The third-order valence-corrected chi connectivity index (χ3v) is 8.59. The molecule has 0 aliphatic carbocycles. The van der Waals surface area contributed by atoms with Crippen molar-refractivity contribution in [1.29, 1.82) is 0 Å². The van der Waals surface area contributed by atoms with Crippen molar-refractivity contribution in [2.24, 2.45) is 0 Å². The van der Waals surface area contributed by atoms with Gasteiger partial charge in [0, 0.05) is 20.2 Å². The Hall–Kier alpha value is -1.74. The molecule has 0 amide bonds. The molecule has 0 bridgehead atoms. The summed E-state index contributed by atoms with van der Waals surface area (Å²) in [4.78, 5) is 0. The van der Waals surface area contributed by atoms with Crippen molar-refractivity contribution in [2.75, 3.05) is 0 Å². The Labute approximate surface area is 217 Å². The standard InChI is InChI=1S/C32H48O2S/c1-3-5-7-9-11-13-15-17-19-25-21-31-27(23-29(25)33)28-24-30(34)26(22-32(28)35-31)20-18-16-14-12-10-8-6-4-2/h21-24,33-34H,3-20H2,1-2H3. The lowest BCUT2D eigenvalue weighted by molar-refractivity contribution is 0.466. The molecule has 0 aliphatic heterocycles. The molecule has 0 unspecified atom stereocenters. The minimum atomic E-state index is 0.405. The average molecular weight is 497 g/mol. The first kappa shape index (κ1) is 27.8. The minimum Gasteiger partial charge on any atom is -0.508 e. The summed E-state index contributed by atoms with van der Waals surface area (Å²) in [5.41, 5.74) is 2.14. The number of phenols is 2. The zero-order valence-corrected chi connectivity index (χ0v) is 23.2. The smallest absolute Gasteiger partial charge is 0.119 e. The third kappa shape index (κ3) is 8.70. The van der Waals surface area contributed by atoms with Gasteiger partial charge in [0.15, 0.2) is 0 Å². The highest BCUT2D eigenvalue weighted by Crippen LogP contribution is 2.40. The van der Waals surface area contributed by atoms with Crippen LogP contribution < -0.4 is 0 Å². The Kier molecular flexibility index (Phi) is 12.2. The van der Waals surface area contributed by atoms with E-state index in [9.17, 15) is 10.2 Å². The van der Waals surface area contributed by atoms with Crippen molar-refractivity contribution < 1.29 is 10.2 Å². The van der Waals surface area contributed by atoms with Gasteiger partial charge in [-0.3, -0.25) is 0 Å². The molecule has 2 nitrogen and oxygen atoms in total. The number of hydrogen-bond donors (Lipinski definition) is 2. The molecule has 1 heterocycles. The van der Waals surface area contributed by atoms with Crippen LogP contribution in [0.25, 0.3) is 20.2 Å². The van der Waals surface area contributed by atoms with Crippen molar-refractivity contribution in [3.8, 4) is 11.5 Å². The Morgan fingerprint density at radius 3 is 1.20 bits per heavy atom. The van der Waals surface area contributed by atoms with Crippen molar-refractivity contribution in [3.05, 3.63) is 35.4 Å². The highest BCUT2D eigenvalue weighted by molar-refractivity contribution is 7.25. The van der Waals surface area contributed by atoms with E-state index in [2.05, 4.69) is 26.0 Å². The molecule has 0 spiro atoms. The van der Waals surface area contributed by atoms with Gasteiger partial charge in [0.05, 0.1) is 0 Å². The molecule has 3 heteroatoms. The summed E-state index contributed by atoms with van der Waals surface area (Å²) in [7, 11) is 0. The fraction of sp³-hybridized carbons (Fsp3) is 0.625. The zero-order chi connectivity index (χ0) is 24.9. The highest BCUT2D eigenvalue weighted by Gasteiger charge is 2.13. The molecular formula is C32H48O2S. The maximum absolute atomic E-state index is 10.7. The van der Waals surface area contributed by atoms with Crippen molar-refractivity contribution >= 4 is 31.5 Å². The van der Waals surface area contributed by atoms with Crippen LogP contribution in [0.15, 0.2) is 24.3 Å². The van der Waals surface area contributed by atoms with E-state index >= 15 is 0 Å². The van der Waals surface area contributed by atoms with Crippen LogP contribution in [0.3, 0.4) is 0 Å². The molecule has 3 rings (SSSR count). The van der Waals surface area contributed by atoms with Gasteiger partial charge in [-0.05, 0) is 61.1 Å². The van der Waals surface area contributed by atoms with Crippen LogP contribution in [0.1, 0.15) is 128 Å². The summed E-state index contributed by atoms with van der Waals surface area (Å²) in [6.07, 6.45) is 22.7. The summed E-state index contributed by atoms with van der Waals surface area (Å²) in [5.74, 6) is 0.810. The van der Waals surface area contributed by atoms with Gasteiger partial charge in [0.1, 0.15) is 11.5 Å². The normalized spacial score (nSPS) is 11.7. The van der Waals surface area contributed by atoms with E-state index in [0.717, 1.165) is 47.6 Å². The second kappa shape index (κ2) is 15.4. The van der Waals surface area contributed by atoms with Gasteiger partial charge < -0.3 is 10.2 Å². The zero-order valence-electron chi connectivity index (χ0n) is 22.3. The molecule has 2 aromatic carbocycles. The Balaban J connectivity index is 1.54. The average Bonchev–Trinajstić information content (AvgIpc) is 3.18. The van der Waals surface area contributed by atoms with Gasteiger partial charge >= 0.3 is 0 Å². The number of hydrogen-bond acceptors (Lipinski definition) is 3. The largest absolute Gasteiger partial charge is 0.508 e. The van der Waals surface area contributed by atoms with E-state index in [1.165, 1.54) is 99.3 Å². The van der Waals surface area contributed by atoms with E-state index in [4.69, 9.17) is 0 Å². The molecule has 0 aliphatic rings. The maximum atomic E-state index is 10.7. The quantitative estimate of drug-likeness (QED) is 0.172. The second-order valence-electron chi connectivity index (χ2n) is 10.5. The van der Waals surface area contributed by atoms with Crippen molar-refractivity contribution in [3.63, 3.8) is 0 Å². The van der Waals surface area contributed by atoms with Gasteiger partial charge in [-0.2, -0.15) is 0 Å². The number of thiophene rings is 1. The van der Waals surface area contributed by atoms with Gasteiger partial charge in [-0.15, -0.1) is 11.3 Å². The molecule has 2 N–H and O–H groups in total. The molecule has 0 saturated heterocycles. The third-order valence-electron chi connectivity index (χ3n) is 7.47. The Bertz CT molecular complexity index is 939. The van der Waals surface area contributed by atoms with Crippen LogP contribution >= 0.6 is 11.3 Å². The van der Waals surface area contributed by atoms with Crippen LogP contribution in [-0.2, 0) is 12.8 Å². The number of aryl methyl sites for hydroxylation is 2. The highest BCUT2D eigenvalue weighted by atomic mass is 32.1. The van der Waals surface area contributed by atoms with E-state index in [-0.39, 0.29) is 0 Å². The second-order valence-corrected chi connectivity index (χ2v) is 11.6. The first-order valence-corrected chi connectivity index (χ1v) is 15.4. The SMILES string of the molecule is CCCCCCCCCCc1cc2sc3cc(CCCCCCCCCC)c(O)cc3c2cc1O. The molecule has 35 heavy (non-hydrogen) atoms. The molecule has 0 radical (unpaired) electrons. The summed E-state index contributed by atoms with van der Waals surface area (Å²) >= 11 is 1.80. The van der Waals surface area contributed by atoms with Crippen LogP contribution in [0.2, 0.25) is 0 Å². The van der Waals surface area contributed by atoms with Crippen molar-refractivity contribution in [1.82, 2.24) is 0 Å². The van der Waals surface area contributed by atoms with Gasteiger partial charge in [-0.1, -0.05) is 104 Å². The van der Waals surface area contributed by atoms with E-state index in [0.29, 0.717) is 11.5 Å². The van der Waals surface area contributed by atoms with E-state index in [1.807, 2.05) is 12.1 Å². The number of phenolic OH excluding ortho intramolecular Hbond substituents is 2. The lowest BCUT2D eigenvalue weighted by Crippen LogP contribution is -1.88. The summed E-state index contributed by atoms with van der Waals surface area (Å²) in [6.45, 7) is 4.53. The molecule has 3 aromatic rings. The number of rotatable bonds is 18. The minimum absolute atomic E-state index is 0.405. The lowest BCUT2D eigenvalue weighted by Gasteiger charge is -2.07. The molecule has 0 fully saturated rings. The molecule has 1 aromatic heterocycles. The fourth-order valence-corrected chi connectivity index (χ4v) is 6.43. The lowest BCUT2D eigenvalue weighted by atomic mass is 10.0. The van der Waals surface area contributed by atoms with Crippen LogP contribution in [0.5, 0.6) is 11.5 Å². The summed E-state index contributed by atoms with van der Waals surface area (Å²) < 4.78 is 2.44. The van der Waals surface area contributed by atoms with Crippen molar-refractivity contribution in [2.45, 2.75) is 129 Å². The Morgan fingerprint density at radius 2 is 0.829 bits per heavy atom. The van der Waals surface area contributed by atoms with Crippen LogP contribution in [0, 0.1) is 0 Å². The fourth-order valence-electron chi connectivity index (χ4n) is 5.23. The first-order chi connectivity index (χ1) is 17.1. The number of aromatic hydroxyl groups is 2. The monoisotopic (exact) mass is 496 g/mol. The molecular weight excluding hydrogens is 448 g/mol. The molecule has 194 valence electrons.